The Morgan fingerprint density at radius 3 is 2.68 bits per heavy atom. The van der Waals surface area contributed by atoms with Crippen molar-refractivity contribution in [3.63, 3.8) is 0 Å². The number of rotatable bonds is 7. The second-order valence-corrected chi connectivity index (χ2v) is 5.88. The van der Waals surface area contributed by atoms with Gasteiger partial charge in [0, 0.05) is 0 Å². The minimum atomic E-state index is -0.808. The average molecular weight is 304 g/mol. The maximum atomic E-state index is 10.0. The zero-order valence-corrected chi connectivity index (χ0v) is 13.2. The van der Waals surface area contributed by atoms with Crippen LogP contribution in [0.1, 0.15) is 19.4 Å². The molecule has 1 aliphatic heterocycles. The molecule has 1 unspecified atom stereocenters. The van der Waals surface area contributed by atoms with E-state index in [1.807, 2.05) is 44.2 Å². The smallest absolute Gasteiger partial charge is 0.164 e. The van der Waals surface area contributed by atoms with Crippen LogP contribution >= 0.6 is 0 Å². The topological polar surface area (TPSA) is 47.9 Å². The number of aliphatic hydroxyl groups excluding tert-OH is 1. The molecular formula is C18H24O4. The summed E-state index contributed by atoms with van der Waals surface area (Å²) in [5.74, 6) is -0.762. The van der Waals surface area contributed by atoms with E-state index in [0.29, 0.717) is 13.2 Å². The summed E-state index contributed by atoms with van der Waals surface area (Å²) >= 11 is 0. The molecule has 0 aromatic heterocycles. The molecule has 0 bridgehead atoms. The summed E-state index contributed by atoms with van der Waals surface area (Å²) in [5, 5.41) is 10.0. The third kappa shape index (κ3) is 4.27. The molecule has 4 nitrogen and oxygen atoms in total. The fourth-order valence-corrected chi connectivity index (χ4v) is 2.45. The van der Waals surface area contributed by atoms with Crippen LogP contribution in [-0.4, -0.2) is 35.8 Å². The molecular weight excluding hydrogens is 280 g/mol. The summed E-state index contributed by atoms with van der Waals surface area (Å²) in [5.41, 5.74) is 1.84. The highest BCUT2D eigenvalue weighted by Gasteiger charge is 2.45. The number of ether oxygens (including phenoxy) is 3. The monoisotopic (exact) mass is 304 g/mol. The largest absolute Gasteiger partial charge is 0.386 e. The van der Waals surface area contributed by atoms with Crippen molar-refractivity contribution in [2.24, 2.45) is 0 Å². The maximum absolute atomic E-state index is 10.0. The van der Waals surface area contributed by atoms with Gasteiger partial charge in [-0.25, -0.2) is 0 Å². The fourth-order valence-electron chi connectivity index (χ4n) is 2.45. The third-order valence-corrected chi connectivity index (χ3v) is 3.51. The Morgan fingerprint density at radius 2 is 2.05 bits per heavy atom. The van der Waals surface area contributed by atoms with Gasteiger partial charge in [-0.1, -0.05) is 43.0 Å². The van der Waals surface area contributed by atoms with Crippen LogP contribution in [0, 0.1) is 0 Å². The van der Waals surface area contributed by atoms with Crippen molar-refractivity contribution in [3.8, 4) is 0 Å². The van der Waals surface area contributed by atoms with Gasteiger partial charge in [0.25, 0.3) is 0 Å². The number of aliphatic hydroxyl groups is 1. The molecule has 1 N–H and O–H groups in total. The minimum Gasteiger partial charge on any atom is -0.386 e. The molecule has 4 heteroatoms. The molecule has 0 amide bonds. The Labute approximate surface area is 132 Å². The van der Waals surface area contributed by atoms with Crippen molar-refractivity contribution in [3.05, 3.63) is 60.7 Å². The molecule has 1 aliphatic rings. The lowest BCUT2D eigenvalue weighted by Gasteiger charge is -2.21. The first-order valence-electron chi connectivity index (χ1n) is 7.38. The highest BCUT2D eigenvalue weighted by atomic mass is 16.8. The lowest BCUT2D eigenvalue weighted by molar-refractivity contribution is -0.151. The van der Waals surface area contributed by atoms with Crippen molar-refractivity contribution in [2.75, 3.05) is 6.61 Å². The Morgan fingerprint density at radius 1 is 1.36 bits per heavy atom. The van der Waals surface area contributed by atoms with Crippen LogP contribution in [0.4, 0.5) is 0 Å². The van der Waals surface area contributed by atoms with Gasteiger partial charge in [-0.15, -0.1) is 6.58 Å². The molecule has 0 spiro atoms. The highest BCUT2D eigenvalue weighted by Crippen LogP contribution is 2.33. The molecule has 120 valence electrons. The van der Waals surface area contributed by atoms with E-state index in [1.54, 1.807) is 0 Å². The van der Waals surface area contributed by atoms with Crippen LogP contribution in [0.25, 0.3) is 0 Å². The van der Waals surface area contributed by atoms with Crippen LogP contribution < -0.4 is 0 Å². The standard InChI is InChI=1S/C18H24O4/c1-5-15(19)17-16(21-18(3,4)22-17)13(2)11-20-12-14-9-7-6-8-10-14/h5-10,15-17,19H,1-2,11-12H2,3-4H3/t15?,16-,17+/m1/s1. The predicted molar refractivity (Wildman–Crippen MR) is 85.3 cm³/mol. The molecule has 1 aromatic carbocycles. The quantitative estimate of drug-likeness (QED) is 0.787. The summed E-state index contributed by atoms with van der Waals surface area (Å²) in [6, 6.07) is 9.92. The second-order valence-electron chi connectivity index (χ2n) is 5.88. The van der Waals surface area contributed by atoms with E-state index in [4.69, 9.17) is 14.2 Å². The lowest BCUT2D eigenvalue weighted by Crippen LogP contribution is -2.35. The number of hydrogen-bond acceptors (Lipinski definition) is 4. The summed E-state index contributed by atoms with van der Waals surface area (Å²) in [6.07, 6.45) is -0.294. The molecule has 2 rings (SSSR count). The molecule has 1 heterocycles. The normalized spacial score (nSPS) is 24.9. The fraction of sp³-hybridized carbons (Fsp3) is 0.444. The Kier molecular flexibility index (Phi) is 5.53. The first-order chi connectivity index (χ1) is 10.4. The van der Waals surface area contributed by atoms with Gasteiger partial charge in [0.05, 0.1) is 13.2 Å². The second kappa shape index (κ2) is 7.20. The van der Waals surface area contributed by atoms with Gasteiger partial charge in [-0.05, 0) is 25.0 Å². The van der Waals surface area contributed by atoms with Gasteiger partial charge >= 0.3 is 0 Å². The molecule has 3 atom stereocenters. The summed E-state index contributed by atoms with van der Waals surface area (Å²) in [4.78, 5) is 0. The van der Waals surface area contributed by atoms with Crippen LogP contribution in [-0.2, 0) is 20.8 Å². The molecule has 1 aromatic rings. The van der Waals surface area contributed by atoms with Crippen molar-refractivity contribution in [1.29, 1.82) is 0 Å². The lowest BCUT2D eigenvalue weighted by atomic mass is 10.0. The molecule has 0 saturated carbocycles. The molecule has 0 aliphatic carbocycles. The predicted octanol–water partition coefficient (Wildman–Crippen LogP) is 2.83. The zero-order chi connectivity index (χ0) is 16.2. The van der Waals surface area contributed by atoms with Crippen LogP contribution in [0.3, 0.4) is 0 Å². The SMILES string of the molecule is C=CC(O)[C@@H]1OC(C)(C)O[C@@H]1C(=C)COCc1ccccc1. The summed E-state index contributed by atoms with van der Waals surface area (Å²) in [7, 11) is 0. The summed E-state index contributed by atoms with van der Waals surface area (Å²) in [6.45, 7) is 12.1. The van der Waals surface area contributed by atoms with E-state index < -0.39 is 24.1 Å². The molecule has 1 fully saturated rings. The number of hydrogen-bond donors (Lipinski definition) is 1. The van der Waals surface area contributed by atoms with Crippen LogP contribution in [0.15, 0.2) is 55.1 Å². The van der Waals surface area contributed by atoms with Gasteiger partial charge in [0.2, 0.25) is 0 Å². The van der Waals surface area contributed by atoms with E-state index in [9.17, 15) is 5.11 Å². The minimum absolute atomic E-state index is 0.347. The molecule has 1 saturated heterocycles. The van der Waals surface area contributed by atoms with E-state index >= 15 is 0 Å². The first-order valence-corrected chi connectivity index (χ1v) is 7.38. The Balaban J connectivity index is 1.91. The first kappa shape index (κ1) is 16.9. The van der Waals surface area contributed by atoms with Crippen molar-refractivity contribution < 1.29 is 19.3 Å². The highest BCUT2D eigenvalue weighted by molar-refractivity contribution is 5.15. The molecule has 0 radical (unpaired) electrons. The van der Waals surface area contributed by atoms with Crippen molar-refractivity contribution in [1.82, 2.24) is 0 Å². The van der Waals surface area contributed by atoms with Gasteiger partial charge in [0.1, 0.15) is 18.3 Å². The Hall–Kier alpha value is -1.46. The molecule has 22 heavy (non-hydrogen) atoms. The van der Waals surface area contributed by atoms with E-state index in [1.165, 1.54) is 6.08 Å². The maximum Gasteiger partial charge on any atom is 0.164 e. The third-order valence-electron chi connectivity index (χ3n) is 3.51. The van der Waals surface area contributed by atoms with E-state index in [2.05, 4.69) is 13.2 Å². The average Bonchev–Trinajstić information content (AvgIpc) is 2.83. The van der Waals surface area contributed by atoms with Crippen molar-refractivity contribution in [2.45, 2.75) is 44.6 Å². The van der Waals surface area contributed by atoms with Crippen molar-refractivity contribution >= 4 is 0 Å². The van der Waals surface area contributed by atoms with E-state index in [-0.39, 0.29) is 0 Å². The Bertz CT molecular complexity index is 509. The zero-order valence-electron chi connectivity index (χ0n) is 13.2. The van der Waals surface area contributed by atoms with Crippen LogP contribution in [0.5, 0.6) is 0 Å². The van der Waals surface area contributed by atoms with Gasteiger partial charge in [0.15, 0.2) is 5.79 Å². The van der Waals surface area contributed by atoms with Gasteiger partial charge in [-0.3, -0.25) is 0 Å². The van der Waals surface area contributed by atoms with Crippen LogP contribution in [0.2, 0.25) is 0 Å². The van der Waals surface area contributed by atoms with Gasteiger partial charge < -0.3 is 19.3 Å². The number of benzene rings is 1. The van der Waals surface area contributed by atoms with E-state index in [0.717, 1.165) is 11.1 Å². The van der Waals surface area contributed by atoms with Gasteiger partial charge in [-0.2, -0.15) is 0 Å². The summed E-state index contributed by atoms with van der Waals surface area (Å²) < 4.78 is 17.3.